The minimum Gasteiger partial charge on any atom is -0.367 e. The lowest BCUT2D eigenvalue weighted by Crippen LogP contribution is -2.25. The van der Waals surface area contributed by atoms with Crippen molar-refractivity contribution in [1.29, 1.82) is 0 Å². The minimum atomic E-state index is -0.221. The standard InChI is InChI=1S/C18H21N7O/c1-3-25-13-22-23-17(25)12-24(2)15-6-8-20-16(9-15)18(26)21-11-14-5-4-7-19-10-14/h4-10,13H,3,11-12H2,1-2H3,(H,21,26). The molecular formula is C18H21N7O. The highest BCUT2D eigenvalue weighted by atomic mass is 16.1. The maximum atomic E-state index is 12.4. The Hall–Kier alpha value is -3.29. The molecule has 0 atom stereocenters. The fraction of sp³-hybridized carbons (Fsp3) is 0.278. The van der Waals surface area contributed by atoms with E-state index in [1.807, 2.05) is 41.6 Å². The molecule has 134 valence electrons. The van der Waals surface area contributed by atoms with Crippen LogP contribution in [0.25, 0.3) is 0 Å². The van der Waals surface area contributed by atoms with Gasteiger partial charge in [-0.2, -0.15) is 0 Å². The van der Waals surface area contributed by atoms with Gasteiger partial charge in [-0.15, -0.1) is 10.2 Å². The van der Waals surface area contributed by atoms with Gasteiger partial charge in [0.1, 0.15) is 12.0 Å². The van der Waals surface area contributed by atoms with Crippen LogP contribution in [0.1, 0.15) is 28.8 Å². The summed E-state index contributed by atoms with van der Waals surface area (Å²) in [4.78, 5) is 22.6. The van der Waals surface area contributed by atoms with Crippen molar-refractivity contribution in [3.63, 3.8) is 0 Å². The van der Waals surface area contributed by atoms with Gasteiger partial charge in [-0.1, -0.05) is 6.07 Å². The lowest BCUT2D eigenvalue weighted by molar-refractivity contribution is 0.0946. The fourth-order valence-electron chi connectivity index (χ4n) is 2.53. The Morgan fingerprint density at radius 1 is 1.31 bits per heavy atom. The van der Waals surface area contributed by atoms with E-state index in [0.29, 0.717) is 18.8 Å². The van der Waals surface area contributed by atoms with E-state index in [2.05, 4.69) is 25.5 Å². The Labute approximate surface area is 151 Å². The van der Waals surface area contributed by atoms with Gasteiger partial charge >= 0.3 is 0 Å². The molecule has 0 saturated carbocycles. The van der Waals surface area contributed by atoms with Crippen LogP contribution in [0.3, 0.4) is 0 Å². The van der Waals surface area contributed by atoms with Gasteiger partial charge in [-0.25, -0.2) is 0 Å². The molecular weight excluding hydrogens is 330 g/mol. The van der Waals surface area contributed by atoms with Gasteiger partial charge in [0.25, 0.3) is 5.91 Å². The molecule has 0 aliphatic rings. The summed E-state index contributed by atoms with van der Waals surface area (Å²) in [7, 11) is 1.95. The first kappa shape index (κ1) is 17.5. The van der Waals surface area contributed by atoms with Crippen molar-refractivity contribution in [2.45, 2.75) is 26.6 Å². The number of aromatic nitrogens is 5. The number of aryl methyl sites for hydroxylation is 1. The number of carbonyl (C=O) groups excluding carboxylic acids is 1. The van der Waals surface area contributed by atoms with Crippen molar-refractivity contribution < 1.29 is 4.79 Å². The average Bonchev–Trinajstić information content (AvgIpc) is 3.14. The smallest absolute Gasteiger partial charge is 0.270 e. The molecule has 0 aliphatic heterocycles. The second-order valence-electron chi connectivity index (χ2n) is 5.83. The highest BCUT2D eigenvalue weighted by Gasteiger charge is 2.12. The molecule has 0 saturated heterocycles. The third-order valence-corrected chi connectivity index (χ3v) is 4.01. The third kappa shape index (κ3) is 4.21. The molecule has 8 heteroatoms. The van der Waals surface area contributed by atoms with E-state index in [4.69, 9.17) is 0 Å². The molecule has 0 bridgehead atoms. The van der Waals surface area contributed by atoms with Crippen LogP contribution in [0.5, 0.6) is 0 Å². The van der Waals surface area contributed by atoms with Crippen molar-refractivity contribution in [3.8, 4) is 0 Å². The number of hydrogen-bond donors (Lipinski definition) is 1. The molecule has 0 aromatic carbocycles. The zero-order valence-electron chi connectivity index (χ0n) is 14.8. The lowest BCUT2D eigenvalue weighted by Gasteiger charge is -2.19. The van der Waals surface area contributed by atoms with E-state index in [1.54, 1.807) is 31.0 Å². The Morgan fingerprint density at radius 2 is 2.19 bits per heavy atom. The molecule has 3 heterocycles. The number of hydrogen-bond acceptors (Lipinski definition) is 6. The first-order chi connectivity index (χ1) is 12.7. The maximum Gasteiger partial charge on any atom is 0.270 e. The van der Waals surface area contributed by atoms with Gasteiger partial charge in [0, 0.05) is 44.4 Å². The molecule has 1 amide bonds. The molecule has 8 nitrogen and oxygen atoms in total. The minimum absolute atomic E-state index is 0.221. The van der Waals surface area contributed by atoms with Crippen LogP contribution in [-0.4, -0.2) is 37.7 Å². The maximum absolute atomic E-state index is 12.4. The van der Waals surface area contributed by atoms with E-state index in [9.17, 15) is 4.79 Å². The van der Waals surface area contributed by atoms with Gasteiger partial charge in [0.2, 0.25) is 0 Å². The highest BCUT2D eigenvalue weighted by Crippen LogP contribution is 2.15. The van der Waals surface area contributed by atoms with E-state index in [-0.39, 0.29) is 5.91 Å². The number of rotatable bonds is 7. The van der Waals surface area contributed by atoms with Crippen LogP contribution in [0, 0.1) is 0 Å². The summed E-state index contributed by atoms with van der Waals surface area (Å²) in [5, 5.41) is 10.9. The number of nitrogens with one attached hydrogen (secondary N) is 1. The van der Waals surface area contributed by atoms with E-state index < -0.39 is 0 Å². The van der Waals surface area contributed by atoms with Crippen LogP contribution >= 0.6 is 0 Å². The quantitative estimate of drug-likeness (QED) is 0.696. The van der Waals surface area contributed by atoms with E-state index in [0.717, 1.165) is 23.6 Å². The molecule has 0 unspecified atom stereocenters. The molecule has 1 N–H and O–H groups in total. The molecule has 26 heavy (non-hydrogen) atoms. The van der Waals surface area contributed by atoms with Crippen LogP contribution in [0.2, 0.25) is 0 Å². The Morgan fingerprint density at radius 3 is 2.96 bits per heavy atom. The van der Waals surface area contributed by atoms with Gasteiger partial charge < -0.3 is 14.8 Å². The number of pyridine rings is 2. The molecule has 0 aliphatic carbocycles. The van der Waals surface area contributed by atoms with Crippen LogP contribution in [-0.2, 0) is 19.6 Å². The predicted molar refractivity (Wildman–Crippen MR) is 97.4 cm³/mol. The normalized spacial score (nSPS) is 10.5. The summed E-state index contributed by atoms with van der Waals surface area (Å²) in [5.41, 5.74) is 2.19. The summed E-state index contributed by atoms with van der Waals surface area (Å²) < 4.78 is 1.99. The average molecular weight is 351 g/mol. The van der Waals surface area contributed by atoms with E-state index >= 15 is 0 Å². The van der Waals surface area contributed by atoms with Gasteiger partial charge in [-0.05, 0) is 30.7 Å². The largest absolute Gasteiger partial charge is 0.367 e. The number of nitrogens with zero attached hydrogens (tertiary/aromatic N) is 6. The number of carbonyl (C=O) groups is 1. The lowest BCUT2D eigenvalue weighted by atomic mass is 10.2. The second-order valence-corrected chi connectivity index (χ2v) is 5.83. The first-order valence-electron chi connectivity index (χ1n) is 8.38. The Bertz CT molecular complexity index is 863. The topological polar surface area (TPSA) is 88.8 Å². The second kappa shape index (κ2) is 8.19. The molecule has 3 aromatic heterocycles. The van der Waals surface area contributed by atoms with Crippen LogP contribution in [0.4, 0.5) is 5.69 Å². The van der Waals surface area contributed by atoms with Gasteiger partial charge in [0.05, 0.1) is 6.54 Å². The molecule has 0 fully saturated rings. The summed E-state index contributed by atoms with van der Waals surface area (Å²) in [6.45, 7) is 3.86. The predicted octanol–water partition coefficient (Wildman–Crippen LogP) is 1.65. The van der Waals surface area contributed by atoms with Crippen molar-refractivity contribution in [1.82, 2.24) is 30.0 Å². The third-order valence-electron chi connectivity index (χ3n) is 4.01. The summed E-state index contributed by atoms with van der Waals surface area (Å²) in [6, 6.07) is 7.38. The zero-order valence-corrected chi connectivity index (χ0v) is 14.8. The van der Waals surface area contributed by atoms with Crippen molar-refractivity contribution >= 4 is 11.6 Å². The molecule has 3 aromatic rings. The Kier molecular flexibility index (Phi) is 5.52. The van der Waals surface area contributed by atoms with Gasteiger partial charge in [-0.3, -0.25) is 14.8 Å². The van der Waals surface area contributed by atoms with Crippen molar-refractivity contribution in [3.05, 3.63) is 66.3 Å². The van der Waals surface area contributed by atoms with E-state index in [1.165, 1.54) is 0 Å². The first-order valence-corrected chi connectivity index (χ1v) is 8.38. The molecule has 3 rings (SSSR count). The zero-order chi connectivity index (χ0) is 18.4. The summed E-state index contributed by atoms with van der Waals surface area (Å²) in [6.07, 6.45) is 6.77. The van der Waals surface area contributed by atoms with Crippen molar-refractivity contribution in [2.24, 2.45) is 0 Å². The molecule has 0 radical (unpaired) electrons. The summed E-state index contributed by atoms with van der Waals surface area (Å²) in [5.74, 6) is 0.648. The highest BCUT2D eigenvalue weighted by molar-refractivity contribution is 5.93. The monoisotopic (exact) mass is 351 g/mol. The van der Waals surface area contributed by atoms with Crippen LogP contribution in [0.15, 0.2) is 49.2 Å². The van der Waals surface area contributed by atoms with Crippen molar-refractivity contribution in [2.75, 3.05) is 11.9 Å². The SMILES string of the molecule is CCn1cnnc1CN(C)c1ccnc(C(=O)NCc2cccnc2)c1. The van der Waals surface area contributed by atoms with Gasteiger partial charge in [0.15, 0.2) is 5.82 Å². The number of amides is 1. The number of anilines is 1. The van der Waals surface area contributed by atoms with Crippen LogP contribution < -0.4 is 10.2 Å². The summed E-state index contributed by atoms with van der Waals surface area (Å²) >= 11 is 0. The fourth-order valence-corrected chi connectivity index (χ4v) is 2.53. The molecule has 0 spiro atoms. The Balaban J connectivity index is 1.66.